The molecule has 2 fully saturated rings. The van der Waals surface area contributed by atoms with Crippen LogP contribution in [0.15, 0.2) is 30.3 Å². The van der Waals surface area contributed by atoms with Crippen molar-refractivity contribution in [1.82, 2.24) is 4.90 Å². The van der Waals surface area contributed by atoms with Crippen LogP contribution in [0.25, 0.3) is 0 Å². The standard InChI is InChI=1S/C21H29NO4/c23-20(18-6-8-19(9-7-18)21(24)25)22(14-16-4-2-1-3-5-16)15-17-10-12-26-13-11-17/h1-5,17-19H,6-15H2,(H,24,25). The van der Waals surface area contributed by atoms with Crippen LogP contribution in [-0.4, -0.2) is 41.6 Å². The number of carboxylic acid groups (broad SMARTS) is 1. The lowest BCUT2D eigenvalue weighted by Crippen LogP contribution is -2.41. The lowest BCUT2D eigenvalue weighted by molar-refractivity contribution is -0.146. The van der Waals surface area contributed by atoms with Gasteiger partial charge >= 0.3 is 5.97 Å². The molecule has 1 amide bonds. The van der Waals surface area contributed by atoms with Crippen LogP contribution in [0.1, 0.15) is 44.1 Å². The molecule has 3 rings (SSSR count). The maximum atomic E-state index is 13.2. The summed E-state index contributed by atoms with van der Waals surface area (Å²) >= 11 is 0. The van der Waals surface area contributed by atoms with Crippen LogP contribution >= 0.6 is 0 Å². The van der Waals surface area contributed by atoms with E-state index < -0.39 is 5.97 Å². The number of carboxylic acids is 1. The second-order valence-corrected chi connectivity index (χ2v) is 7.65. The Morgan fingerprint density at radius 2 is 1.58 bits per heavy atom. The van der Waals surface area contributed by atoms with Gasteiger partial charge in [-0.15, -0.1) is 0 Å². The van der Waals surface area contributed by atoms with Crippen molar-refractivity contribution >= 4 is 11.9 Å². The van der Waals surface area contributed by atoms with Crippen molar-refractivity contribution in [2.75, 3.05) is 19.8 Å². The molecule has 142 valence electrons. The average Bonchev–Trinajstić information content (AvgIpc) is 2.68. The van der Waals surface area contributed by atoms with Crippen molar-refractivity contribution in [3.05, 3.63) is 35.9 Å². The zero-order valence-electron chi connectivity index (χ0n) is 15.3. The topological polar surface area (TPSA) is 66.8 Å². The average molecular weight is 359 g/mol. The van der Waals surface area contributed by atoms with E-state index in [0.717, 1.165) is 38.2 Å². The summed E-state index contributed by atoms with van der Waals surface area (Å²) in [6, 6.07) is 10.1. The Bertz CT molecular complexity index is 589. The van der Waals surface area contributed by atoms with E-state index in [1.807, 2.05) is 23.1 Å². The first-order chi connectivity index (χ1) is 12.6. The molecule has 1 saturated heterocycles. The SMILES string of the molecule is O=C(O)C1CCC(C(=O)N(Cc2ccccc2)CC2CCOCC2)CC1. The van der Waals surface area contributed by atoms with E-state index in [-0.39, 0.29) is 17.7 Å². The van der Waals surface area contributed by atoms with Gasteiger partial charge in [0.1, 0.15) is 0 Å². The molecule has 5 heteroatoms. The molecule has 0 bridgehead atoms. The largest absolute Gasteiger partial charge is 0.481 e. The minimum atomic E-state index is -0.723. The maximum absolute atomic E-state index is 13.2. The first-order valence-corrected chi connectivity index (χ1v) is 9.76. The summed E-state index contributed by atoms with van der Waals surface area (Å²) in [5, 5.41) is 9.18. The number of aliphatic carboxylic acids is 1. The van der Waals surface area contributed by atoms with Gasteiger partial charge in [0.15, 0.2) is 0 Å². The number of benzene rings is 1. The van der Waals surface area contributed by atoms with Crippen molar-refractivity contribution in [3.8, 4) is 0 Å². The fraction of sp³-hybridized carbons (Fsp3) is 0.619. The van der Waals surface area contributed by atoms with Gasteiger partial charge in [-0.05, 0) is 50.0 Å². The molecule has 2 aliphatic rings. The van der Waals surface area contributed by atoms with E-state index in [1.165, 1.54) is 0 Å². The van der Waals surface area contributed by atoms with Crippen LogP contribution in [0.2, 0.25) is 0 Å². The molecule has 1 saturated carbocycles. The number of amides is 1. The van der Waals surface area contributed by atoms with Crippen LogP contribution in [0, 0.1) is 17.8 Å². The van der Waals surface area contributed by atoms with E-state index in [9.17, 15) is 14.7 Å². The van der Waals surface area contributed by atoms with E-state index >= 15 is 0 Å². The van der Waals surface area contributed by atoms with Crippen LogP contribution in [0.4, 0.5) is 0 Å². The molecule has 0 atom stereocenters. The number of ether oxygens (including phenoxy) is 1. The highest BCUT2D eigenvalue weighted by Crippen LogP contribution is 2.31. The quantitative estimate of drug-likeness (QED) is 0.846. The molecule has 1 N–H and O–H groups in total. The fourth-order valence-corrected chi connectivity index (χ4v) is 4.12. The van der Waals surface area contributed by atoms with Gasteiger partial charge in [0, 0.05) is 32.2 Å². The molecule has 1 aliphatic carbocycles. The van der Waals surface area contributed by atoms with E-state index in [4.69, 9.17) is 4.74 Å². The second kappa shape index (κ2) is 9.17. The monoisotopic (exact) mass is 359 g/mol. The zero-order valence-corrected chi connectivity index (χ0v) is 15.3. The number of carbonyl (C=O) groups excluding carboxylic acids is 1. The van der Waals surface area contributed by atoms with Gasteiger partial charge in [0.25, 0.3) is 0 Å². The molecule has 0 aromatic heterocycles. The third-order valence-corrected chi connectivity index (χ3v) is 5.77. The molecule has 1 aliphatic heterocycles. The van der Waals surface area contributed by atoms with Gasteiger partial charge in [-0.25, -0.2) is 0 Å². The molecule has 5 nitrogen and oxygen atoms in total. The summed E-state index contributed by atoms with van der Waals surface area (Å²) in [6.45, 7) is 2.97. The van der Waals surface area contributed by atoms with Crippen molar-refractivity contribution in [2.45, 2.75) is 45.1 Å². The van der Waals surface area contributed by atoms with Crippen LogP contribution in [0.5, 0.6) is 0 Å². The third-order valence-electron chi connectivity index (χ3n) is 5.77. The van der Waals surface area contributed by atoms with Gasteiger partial charge < -0.3 is 14.7 Å². The van der Waals surface area contributed by atoms with Crippen molar-refractivity contribution in [3.63, 3.8) is 0 Å². The maximum Gasteiger partial charge on any atom is 0.306 e. The lowest BCUT2D eigenvalue weighted by atomic mass is 9.81. The highest BCUT2D eigenvalue weighted by Gasteiger charge is 2.33. The lowest BCUT2D eigenvalue weighted by Gasteiger charge is -2.34. The Labute approximate surface area is 155 Å². The Hall–Kier alpha value is -1.88. The molecule has 0 radical (unpaired) electrons. The van der Waals surface area contributed by atoms with Gasteiger partial charge in [0.05, 0.1) is 5.92 Å². The van der Waals surface area contributed by atoms with Crippen LogP contribution < -0.4 is 0 Å². The molecule has 26 heavy (non-hydrogen) atoms. The predicted molar refractivity (Wildman–Crippen MR) is 98.5 cm³/mol. The fourth-order valence-electron chi connectivity index (χ4n) is 4.12. The van der Waals surface area contributed by atoms with Gasteiger partial charge in [-0.1, -0.05) is 30.3 Å². The van der Waals surface area contributed by atoms with Gasteiger partial charge in [0.2, 0.25) is 5.91 Å². The first kappa shape index (κ1) is 18.9. The van der Waals surface area contributed by atoms with Crippen molar-refractivity contribution < 1.29 is 19.4 Å². The molecular weight excluding hydrogens is 330 g/mol. The Kier molecular flexibility index (Phi) is 6.67. The summed E-state index contributed by atoms with van der Waals surface area (Å²) in [6.07, 6.45) is 4.61. The summed E-state index contributed by atoms with van der Waals surface area (Å²) in [5.74, 6) is -0.346. The predicted octanol–water partition coefficient (Wildman–Crippen LogP) is 3.33. The number of hydrogen-bond donors (Lipinski definition) is 1. The molecular formula is C21H29NO4. The Morgan fingerprint density at radius 1 is 0.962 bits per heavy atom. The van der Waals surface area contributed by atoms with Crippen molar-refractivity contribution in [2.24, 2.45) is 17.8 Å². The van der Waals surface area contributed by atoms with Crippen LogP contribution in [0.3, 0.4) is 0 Å². The molecule has 1 aromatic carbocycles. The number of hydrogen-bond acceptors (Lipinski definition) is 3. The zero-order chi connectivity index (χ0) is 18.4. The molecule has 0 unspecified atom stereocenters. The van der Waals surface area contributed by atoms with E-state index in [2.05, 4.69) is 12.1 Å². The van der Waals surface area contributed by atoms with E-state index in [0.29, 0.717) is 38.1 Å². The smallest absolute Gasteiger partial charge is 0.306 e. The number of carbonyl (C=O) groups is 2. The van der Waals surface area contributed by atoms with E-state index in [1.54, 1.807) is 0 Å². The molecule has 0 spiro atoms. The summed E-state index contributed by atoms with van der Waals surface area (Å²) in [4.78, 5) is 26.4. The number of rotatable bonds is 6. The number of nitrogens with zero attached hydrogens (tertiary/aromatic N) is 1. The van der Waals surface area contributed by atoms with Crippen molar-refractivity contribution in [1.29, 1.82) is 0 Å². The molecule has 1 aromatic rings. The normalized spacial score (nSPS) is 24.2. The Morgan fingerprint density at radius 3 is 2.19 bits per heavy atom. The highest BCUT2D eigenvalue weighted by atomic mass is 16.5. The highest BCUT2D eigenvalue weighted by molar-refractivity contribution is 5.79. The minimum Gasteiger partial charge on any atom is -0.481 e. The van der Waals surface area contributed by atoms with Gasteiger partial charge in [-0.3, -0.25) is 9.59 Å². The second-order valence-electron chi connectivity index (χ2n) is 7.65. The molecule has 1 heterocycles. The first-order valence-electron chi connectivity index (χ1n) is 9.76. The summed E-state index contributed by atoms with van der Waals surface area (Å²) in [7, 11) is 0. The van der Waals surface area contributed by atoms with Gasteiger partial charge in [-0.2, -0.15) is 0 Å². The summed E-state index contributed by atoms with van der Waals surface area (Å²) < 4.78 is 5.45. The minimum absolute atomic E-state index is 0.0332. The Balaban J connectivity index is 1.65. The summed E-state index contributed by atoms with van der Waals surface area (Å²) in [5.41, 5.74) is 1.15. The van der Waals surface area contributed by atoms with Crippen LogP contribution in [-0.2, 0) is 20.9 Å². The third kappa shape index (κ3) is 5.07.